The normalized spacial score (nSPS) is 18.4. The molecule has 0 saturated heterocycles. The molecule has 0 bridgehead atoms. The molecule has 3 aromatic carbocycles. The van der Waals surface area contributed by atoms with Gasteiger partial charge in [-0.05, 0) is 64.8 Å². The molecule has 0 saturated carbocycles. The summed E-state index contributed by atoms with van der Waals surface area (Å²) in [7, 11) is 0. The molecule has 0 spiro atoms. The fraction of sp³-hybridized carbons (Fsp3) is 0.300. The Balaban J connectivity index is 2.12. The number of fused-ring (bicyclic) bond motifs is 5. The summed E-state index contributed by atoms with van der Waals surface area (Å²) in [5.74, 6) is 0.699. The van der Waals surface area contributed by atoms with E-state index in [1.165, 1.54) is 46.4 Å². The second kappa shape index (κ2) is 4.34. The van der Waals surface area contributed by atoms with Crippen LogP contribution in [0.15, 0.2) is 42.5 Å². The third kappa shape index (κ3) is 1.67. The van der Waals surface area contributed by atoms with Gasteiger partial charge in [-0.25, -0.2) is 0 Å². The quantitative estimate of drug-likeness (QED) is 0.452. The Kier molecular flexibility index (Phi) is 2.60. The minimum absolute atomic E-state index is 0.699. The van der Waals surface area contributed by atoms with E-state index < -0.39 is 0 Å². The van der Waals surface area contributed by atoms with Crippen LogP contribution >= 0.6 is 0 Å². The second-order valence-corrected chi connectivity index (χ2v) is 6.32. The summed E-state index contributed by atoms with van der Waals surface area (Å²) < 4.78 is 0. The van der Waals surface area contributed by atoms with Gasteiger partial charge < -0.3 is 0 Å². The fourth-order valence-electron chi connectivity index (χ4n) is 3.88. The highest BCUT2D eigenvalue weighted by atomic mass is 14.2. The molecular formula is C20H20. The maximum atomic E-state index is 2.39. The highest BCUT2D eigenvalue weighted by Gasteiger charge is 2.19. The van der Waals surface area contributed by atoms with Crippen LogP contribution in [0.25, 0.3) is 21.5 Å². The molecule has 0 heteroatoms. The summed E-state index contributed by atoms with van der Waals surface area (Å²) in [6.07, 6.45) is 3.92. The van der Waals surface area contributed by atoms with Crippen LogP contribution in [0, 0.1) is 6.92 Å². The molecule has 0 aromatic heterocycles. The topological polar surface area (TPSA) is 0 Å². The smallest absolute Gasteiger partial charge is 0.0102 e. The third-order valence-corrected chi connectivity index (χ3v) is 4.88. The molecule has 0 aliphatic heterocycles. The van der Waals surface area contributed by atoms with E-state index in [1.807, 2.05) is 0 Å². The summed E-state index contributed by atoms with van der Waals surface area (Å²) in [4.78, 5) is 0. The third-order valence-electron chi connectivity index (χ3n) is 4.88. The predicted molar refractivity (Wildman–Crippen MR) is 87.5 cm³/mol. The summed E-state index contributed by atoms with van der Waals surface area (Å²) in [5, 5.41) is 5.66. The highest BCUT2D eigenvalue weighted by Crippen LogP contribution is 2.38. The van der Waals surface area contributed by atoms with Crippen molar-refractivity contribution in [1.82, 2.24) is 0 Å². The van der Waals surface area contributed by atoms with Crippen molar-refractivity contribution in [3.8, 4) is 0 Å². The van der Waals surface area contributed by atoms with E-state index in [1.54, 1.807) is 11.1 Å². The molecule has 1 aliphatic carbocycles. The van der Waals surface area contributed by atoms with Crippen LogP contribution in [0.4, 0.5) is 0 Å². The Morgan fingerprint density at radius 3 is 2.60 bits per heavy atom. The van der Waals surface area contributed by atoms with Crippen LogP contribution in [0.1, 0.15) is 42.4 Å². The minimum atomic E-state index is 0.699. The van der Waals surface area contributed by atoms with Crippen LogP contribution in [0.2, 0.25) is 0 Å². The first-order valence-corrected chi connectivity index (χ1v) is 7.69. The lowest BCUT2D eigenvalue weighted by atomic mass is 9.80. The number of rotatable bonds is 0. The average Bonchev–Trinajstić information content (AvgIpc) is 2.46. The first-order valence-electron chi connectivity index (χ1n) is 7.69. The maximum Gasteiger partial charge on any atom is -0.0102 e. The molecule has 0 N–H and O–H groups in total. The zero-order valence-corrected chi connectivity index (χ0v) is 12.2. The van der Waals surface area contributed by atoms with Crippen LogP contribution in [-0.4, -0.2) is 0 Å². The molecule has 3 aromatic rings. The van der Waals surface area contributed by atoms with E-state index in [0.717, 1.165) is 0 Å². The summed E-state index contributed by atoms with van der Waals surface area (Å²) in [6, 6.07) is 16.1. The van der Waals surface area contributed by atoms with Gasteiger partial charge in [-0.15, -0.1) is 0 Å². The van der Waals surface area contributed by atoms with Gasteiger partial charge in [-0.1, -0.05) is 55.0 Å². The Morgan fingerprint density at radius 2 is 1.70 bits per heavy atom. The number of aryl methyl sites for hydroxylation is 2. The van der Waals surface area contributed by atoms with Gasteiger partial charge in [0.2, 0.25) is 0 Å². The van der Waals surface area contributed by atoms with Gasteiger partial charge in [-0.3, -0.25) is 0 Å². The lowest BCUT2D eigenvalue weighted by Crippen LogP contribution is -2.07. The van der Waals surface area contributed by atoms with Crippen molar-refractivity contribution in [2.24, 2.45) is 0 Å². The number of hydrogen-bond acceptors (Lipinski definition) is 0. The molecule has 0 radical (unpaired) electrons. The Bertz CT molecular complexity index is 811. The first-order chi connectivity index (χ1) is 9.74. The van der Waals surface area contributed by atoms with Crippen molar-refractivity contribution < 1.29 is 0 Å². The van der Waals surface area contributed by atoms with Gasteiger partial charge in [-0.2, -0.15) is 0 Å². The fourth-order valence-corrected chi connectivity index (χ4v) is 3.88. The van der Waals surface area contributed by atoms with Gasteiger partial charge in [0.05, 0.1) is 0 Å². The van der Waals surface area contributed by atoms with Crippen molar-refractivity contribution in [3.05, 3.63) is 59.2 Å². The molecule has 0 heterocycles. The molecule has 0 nitrogen and oxygen atoms in total. The van der Waals surface area contributed by atoms with Crippen LogP contribution in [0.5, 0.6) is 0 Å². The van der Waals surface area contributed by atoms with E-state index in [-0.39, 0.29) is 0 Å². The monoisotopic (exact) mass is 260 g/mol. The summed E-state index contributed by atoms with van der Waals surface area (Å²) in [6.45, 7) is 4.55. The Labute approximate surface area is 120 Å². The Morgan fingerprint density at radius 1 is 0.900 bits per heavy atom. The van der Waals surface area contributed by atoms with Crippen LogP contribution in [0.3, 0.4) is 0 Å². The minimum Gasteiger partial charge on any atom is -0.0587 e. The summed E-state index contributed by atoms with van der Waals surface area (Å²) >= 11 is 0. The average molecular weight is 260 g/mol. The van der Waals surface area contributed by atoms with Gasteiger partial charge in [0.1, 0.15) is 0 Å². The van der Waals surface area contributed by atoms with Crippen LogP contribution in [-0.2, 0) is 6.42 Å². The van der Waals surface area contributed by atoms with Crippen LogP contribution < -0.4 is 0 Å². The van der Waals surface area contributed by atoms with Gasteiger partial charge in [0.25, 0.3) is 0 Å². The van der Waals surface area contributed by atoms with Gasteiger partial charge in [0.15, 0.2) is 0 Å². The maximum absolute atomic E-state index is 2.39. The zero-order chi connectivity index (χ0) is 13.7. The molecule has 4 rings (SSSR count). The van der Waals surface area contributed by atoms with Crippen molar-refractivity contribution >= 4 is 21.5 Å². The lowest BCUT2D eigenvalue weighted by molar-refractivity contribution is 0.595. The van der Waals surface area contributed by atoms with Gasteiger partial charge >= 0.3 is 0 Å². The Hall–Kier alpha value is -1.82. The lowest BCUT2D eigenvalue weighted by Gasteiger charge is -2.24. The predicted octanol–water partition coefficient (Wildman–Crippen LogP) is 5.74. The highest BCUT2D eigenvalue weighted by molar-refractivity contribution is 6.09. The standard InChI is InChI=1S/C20H20/c1-13-6-9-17-16(12-13)8-11-19-18(17)10-7-15-5-3-4-14(2)20(15)19/h6-12,14H,3-5H2,1-2H3/t14-/m1/s1. The zero-order valence-electron chi connectivity index (χ0n) is 12.2. The molecular weight excluding hydrogens is 240 g/mol. The molecule has 1 atom stereocenters. The number of benzene rings is 3. The molecule has 0 fully saturated rings. The van der Waals surface area contributed by atoms with Crippen molar-refractivity contribution in [2.45, 2.75) is 39.0 Å². The van der Waals surface area contributed by atoms with E-state index >= 15 is 0 Å². The molecule has 1 aliphatic rings. The molecule has 100 valence electrons. The molecule has 20 heavy (non-hydrogen) atoms. The number of hydrogen-bond donors (Lipinski definition) is 0. The molecule has 0 unspecified atom stereocenters. The van der Waals surface area contributed by atoms with E-state index in [2.05, 4.69) is 56.3 Å². The molecule has 0 amide bonds. The largest absolute Gasteiger partial charge is 0.0587 e. The SMILES string of the molecule is Cc1ccc2c(ccc3c4c(ccc32)CCC[C@H]4C)c1. The van der Waals surface area contributed by atoms with E-state index in [0.29, 0.717) is 5.92 Å². The van der Waals surface area contributed by atoms with Crippen molar-refractivity contribution in [3.63, 3.8) is 0 Å². The summed E-state index contributed by atoms with van der Waals surface area (Å²) in [5.41, 5.74) is 4.52. The second-order valence-electron chi connectivity index (χ2n) is 6.32. The first kappa shape index (κ1) is 12.0. The van der Waals surface area contributed by atoms with Crippen molar-refractivity contribution in [1.29, 1.82) is 0 Å². The van der Waals surface area contributed by atoms with Crippen molar-refractivity contribution in [2.75, 3.05) is 0 Å². The van der Waals surface area contributed by atoms with E-state index in [9.17, 15) is 0 Å². The van der Waals surface area contributed by atoms with Gasteiger partial charge in [0, 0.05) is 0 Å². The van der Waals surface area contributed by atoms with E-state index in [4.69, 9.17) is 0 Å².